The Balaban J connectivity index is 2.68. The third-order valence-corrected chi connectivity index (χ3v) is 2.77. The molecule has 0 amide bonds. The van der Waals surface area contributed by atoms with Crippen molar-refractivity contribution in [3.63, 3.8) is 0 Å². The largest absolute Gasteiger partial charge is 0.502 e. The van der Waals surface area contributed by atoms with Crippen molar-refractivity contribution in [3.05, 3.63) is 17.7 Å². The third kappa shape index (κ3) is 4.61. The van der Waals surface area contributed by atoms with Crippen molar-refractivity contribution < 1.29 is 19.3 Å². The zero-order valence-electron chi connectivity index (χ0n) is 12.0. The van der Waals surface area contributed by atoms with Crippen molar-refractivity contribution in [2.24, 2.45) is 0 Å². The summed E-state index contributed by atoms with van der Waals surface area (Å²) in [6.45, 7) is 6.07. The highest BCUT2D eigenvalue weighted by Gasteiger charge is 2.11. The molecule has 0 aliphatic heterocycles. The Morgan fingerprint density at radius 1 is 1.21 bits per heavy atom. The molecule has 0 saturated heterocycles. The number of ether oxygens (including phenoxy) is 3. The molecule has 0 radical (unpaired) electrons. The van der Waals surface area contributed by atoms with Gasteiger partial charge in [-0.3, -0.25) is 0 Å². The summed E-state index contributed by atoms with van der Waals surface area (Å²) in [6, 6.07) is 3.84. The number of nitrogens with one attached hydrogen (secondary N) is 1. The molecule has 19 heavy (non-hydrogen) atoms. The smallest absolute Gasteiger partial charge is 0.200 e. The molecule has 5 heteroatoms. The van der Waals surface area contributed by atoms with E-state index >= 15 is 0 Å². The number of phenols is 1. The molecule has 0 saturated carbocycles. The summed E-state index contributed by atoms with van der Waals surface area (Å²) in [6.07, 6.45) is 0. The Labute approximate surface area is 114 Å². The average Bonchev–Trinajstić information content (AvgIpc) is 2.43. The molecule has 0 fully saturated rings. The van der Waals surface area contributed by atoms with E-state index in [2.05, 4.69) is 12.2 Å². The predicted octanol–water partition coefficient (Wildman–Crippen LogP) is 1.92. The van der Waals surface area contributed by atoms with Crippen LogP contribution in [0.3, 0.4) is 0 Å². The Kier molecular flexibility index (Phi) is 6.45. The fraction of sp³-hybridized carbons (Fsp3) is 0.571. The number of aromatic hydroxyl groups is 1. The minimum absolute atomic E-state index is 0.0242. The standard InChI is InChI=1S/C14H23NO4/c1-5-19-9-10(2)15-8-11-6-12(17-3)14(16)13(7-11)18-4/h6-7,10,15-16H,5,8-9H2,1-4H3. The summed E-state index contributed by atoms with van der Waals surface area (Å²) in [5.41, 5.74) is 0.981. The summed E-state index contributed by atoms with van der Waals surface area (Å²) in [5, 5.41) is 13.2. The first-order chi connectivity index (χ1) is 9.12. The molecule has 0 spiro atoms. The molecule has 0 bridgehead atoms. The van der Waals surface area contributed by atoms with Gasteiger partial charge in [0, 0.05) is 19.2 Å². The molecule has 0 aliphatic carbocycles. The van der Waals surface area contributed by atoms with Crippen molar-refractivity contribution in [2.45, 2.75) is 26.4 Å². The maximum atomic E-state index is 9.82. The van der Waals surface area contributed by atoms with Gasteiger partial charge in [0.25, 0.3) is 0 Å². The van der Waals surface area contributed by atoms with Crippen LogP contribution in [0.1, 0.15) is 19.4 Å². The van der Waals surface area contributed by atoms with Gasteiger partial charge in [0.15, 0.2) is 11.5 Å². The Morgan fingerprint density at radius 3 is 2.26 bits per heavy atom. The molecule has 1 aromatic carbocycles. The van der Waals surface area contributed by atoms with Gasteiger partial charge < -0.3 is 24.6 Å². The molecule has 1 aromatic rings. The van der Waals surface area contributed by atoms with E-state index in [0.717, 1.165) is 5.56 Å². The monoisotopic (exact) mass is 269 g/mol. The maximum absolute atomic E-state index is 9.82. The lowest BCUT2D eigenvalue weighted by atomic mass is 10.1. The van der Waals surface area contributed by atoms with E-state index in [-0.39, 0.29) is 11.8 Å². The first-order valence-electron chi connectivity index (χ1n) is 6.37. The van der Waals surface area contributed by atoms with Gasteiger partial charge in [0.2, 0.25) is 5.75 Å². The van der Waals surface area contributed by atoms with E-state index in [4.69, 9.17) is 14.2 Å². The predicted molar refractivity (Wildman–Crippen MR) is 74.0 cm³/mol. The van der Waals surface area contributed by atoms with Crippen LogP contribution >= 0.6 is 0 Å². The van der Waals surface area contributed by atoms with Crippen molar-refractivity contribution in [1.29, 1.82) is 0 Å². The van der Waals surface area contributed by atoms with Crippen LogP contribution in [0.2, 0.25) is 0 Å². The minimum atomic E-state index is 0.0242. The van der Waals surface area contributed by atoms with Gasteiger partial charge in [0.05, 0.1) is 20.8 Å². The van der Waals surface area contributed by atoms with E-state index in [1.807, 2.05) is 6.92 Å². The second kappa shape index (κ2) is 7.86. The number of rotatable bonds is 8. The number of phenolic OH excluding ortho intramolecular Hbond substituents is 1. The van der Waals surface area contributed by atoms with Crippen LogP contribution in [0, 0.1) is 0 Å². The number of methoxy groups -OCH3 is 2. The first kappa shape index (κ1) is 15.6. The van der Waals surface area contributed by atoms with Crippen molar-refractivity contribution in [3.8, 4) is 17.2 Å². The summed E-state index contributed by atoms with van der Waals surface area (Å²) < 4.78 is 15.6. The van der Waals surface area contributed by atoms with Crippen LogP contribution in [-0.2, 0) is 11.3 Å². The van der Waals surface area contributed by atoms with E-state index < -0.39 is 0 Å². The van der Waals surface area contributed by atoms with Crippen molar-refractivity contribution in [2.75, 3.05) is 27.4 Å². The van der Waals surface area contributed by atoms with Gasteiger partial charge in [-0.1, -0.05) is 0 Å². The lowest BCUT2D eigenvalue weighted by molar-refractivity contribution is 0.127. The Morgan fingerprint density at radius 2 is 1.79 bits per heavy atom. The highest BCUT2D eigenvalue weighted by Crippen LogP contribution is 2.36. The van der Waals surface area contributed by atoms with Gasteiger partial charge in [0.1, 0.15) is 0 Å². The Hall–Kier alpha value is -1.46. The van der Waals surface area contributed by atoms with Crippen molar-refractivity contribution >= 4 is 0 Å². The normalized spacial score (nSPS) is 12.2. The molecule has 0 aromatic heterocycles. The topological polar surface area (TPSA) is 60.0 Å². The van der Waals surface area contributed by atoms with E-state index in [9.17, 15) is 5.11 Å². The van der Waals surface area contributed by atoms with E-state index in [0.29, 0.717) is 31.3 Å². The van der Waals surface area contributed by atoms with Gasteiger partial charge in [-0.05, 0) is 31.5 Å². The lowest BCUT2D eigenvalue weighted by Gasteiger charge is -2.15. The third-order valence-electron chi connectivity index (χ3n) is 2.77. The highest BCUT2D eigenvalue weighted by molar-refractivity contribution is 5.52. The lowest BCUT2D eigenvalue weighted by Crippen LogP contribution is -2.30. The molecule has 108 valence electrons. The fourth-order valence-corrected chi connectivity index (χ4v) is 1.70. The number of benzene rings is 1. The summed E-state index contributed by atoms with van der Waals surface area (Å²) in [5.74, 6) is 0.846. The van der Waals surface area contributed by atoms with Gasteiger partial charge in [-0.2, -0.15) is 0 Å². The molecule has 2 N–H and O–H groups in total. The van der Waals surface area contributed by atoms with Crippen LogP contribution in [0.15, 0.2) is 12.1 Å². The van der Waals surface area contributed by atoms with Crippen LogP contribution < -0.4 is 14.8 Å². The second-order valence-electron chi connectivity index (χ2n) is 4.29. The van der Waals surface area contributed by atoms with Gasteiger partial charge >= 0.3 is 0 Å². The molecule has 1 rings (SSSR count). The summed E-state index contributed by atoms with van der Waals surface area (Å²) in [7, 11) is 3.03. The first-order valence-corrected chi connectivity index (χ1v) is 6.37. The molecule has 1 unspecified atom stereocenters. The van der Waals surface area contributed by atoms with E-state index in [1.165, 1.54) is 14.2 Å². The molecule has 0 aliphatic rings. The fourth-order valence-electron chi connectivity index (χ4n) is 1.70. The Bertz CT molecular complexity index is 370. The SMILES string of the molecule is CCOCC(C)NCc1cc(OC)c(O)c(OC)c1. The van der Waals surface area contributed by atoms with Crippen LogP contribution in [0.5, 0.6) is 17.2 Å². The highest BCUT2D eigenvalue weighted by atomic mass is 16.5. The van der Waals surface area contributed by atoms with Crippen LogP contribution in [0.25, 0.3) is 0 Å². The number of hydrogen-bond acceptors (Lipinski definition) is 5. The average molecular weight is 269 g/mol. The minimum Gasteiger partial charge on any atom is -0.502 e. The van der Waals surface area contributed by atoms with Crippen molar-refractivity contribution in [1.82, 2.24) is 5.32 Å². The quantitative estimate of drug-likeness (QED) is 0.755. The maximum Gasteiger partial charge on any atom is 0.200 e. The zero-order valence-corrected chi connectivity index (χ0v) is 12.0. The van der Waals surface area contributed by atoms with Gasteiger partial charge in [-0.15, -0.1) is 0 Å². The molecular weight excluding hydrogens is 246 g/mol. The second-order valence-corrected chi connectivity index (χ2v) is 4.29. The number of hydrogen-bond donors (Lipinski definition) is 2. The zero-order chi connectivity index (χ0) is 14.3. The summed E-state index contributed by atoms with van der Waals surface area (Å²) >= 11 is 0. The molecule has 0 heterocycles. The summed E-state index contributed by atoms with van der Waals surface area (Å²) in [4.78, 5) is 0. The van der Waals surface area contributed by atoms with Crippen LogP contribution in [-0.4, -0.2) is 38.6 Å². The van der Waals surface area contributed by atoms with Crippen LogP contribution in [0.4, 0.5) is 0 Å². The van der Waals surface area contributed by atoms with E-state index in [1.54, 1.807) is 12.1 Å². The molecule has 5 nitrogen and oxygen atoms in total. The molecule has 1 atom stereocenters. The van der Waals surface area contributed by atoms with Gasteiger partial charge in [-0.25, -0.2) is 0 Å². The molecular formula is C14H23NO4.